The highest BCUT2D eigenvalue weighted by Crippen LogP contribution is 2.38. The fourth-order valence-corrected chi connectivity index (χ4v) is 3.91. The monoisotopic (exact) mass is 348 g/mol. The van der Waals surface area contributed by atoms with Gasteiger partial charge in [0.1, 0.15) is 0 Å². The zero-order valence-corrected chi connectivity index (χ0v) is 14.4. The van der Waals surface area contributed by atoms with Gasteiger partial charge in [0.2, 0.25) is 6.29 Å². The van der Waals surface area contributed by atoms with Gasteiger partial charge in [0.15, 0.2) is 11.5 Å². The molecule has 1 fully saturated rings. The van der Waals surface area contributed by atoms with Gasteiger partial charge in [-0.05, 0) is 31.0 Å². The number of aromatic nitrogens is 1. The zero-order valence-electron chi connectivity index (χ0n) is 14.4. The van der Waals surface area contributed by atoms with Crippen molar-refractivity contribution < 1.29 is 14.3 Å². The number of aromatic amines is 1. The molecule has 0 spiro atoms. The van der Waals surface area contributed by atoms with Crippen LogP contribution in [0, 0.1) is 5.92 Å². The van der Waals surface area contributed by atoms with Crippen LogP contribution in [0.15, 0.2) is 54.7 Å². The van der Waals surface area contributed by atoms with Crippen LogP contribution in [0.2, 0.25) is 0 Å². The van der Waals surface area contributed by atoms with Crippen molar-refractivity contribution in [1.82, 2.24) is 9.88 Å². The number of hydrogen-bond acceptors (Lipinski definition) is 3. The molecule has 5 rings (SSSR count). The first kappa shape index (κ1) is 15.3. The summed E-state index contributed by atoms with van der Waals surface area (Å²) in [6.45, 7) is 1.45. The lowest BCUT2D eigenvalue weighted by atomic mass is 9.95. The van der Waals surface area contributed by atoms with E-state index in [0.717, 1.165) is 53.9 Å². The number of likely N-dealkylation sites (tertiary alicyclic amines) is 1. The third-order valence-corrected chi connectivity index (χ3v) is 5.37. The normalized spacial score (nSPS) is 17.8. The quantitative estimate of drug-likeness (QED) is 0.766. The second kappa shape index (κ2) is 6.09. The molecule has 0 unspecified atom stereocenters. The first-order valence-electron chi connectivity index (χ1n) is 9.07. The molecule has 5 heteroatoms. The van der Waals surface area contributed by atoms with Gasteiger partial charge >= 0.3 is 0 Å². The summed E-state index contributed by atoms with van der Waals surface area (Å²) in [6.07, 6.45) is 3.34. The predicted molar refractivity (Wildman–Crippen MR) is 98.4 cm³/mol. The average Bonchev–Trinajstić information content (AvgIpc) is 3.32. The number of piperidine rings is 1. The summed E-state index contributed by atoms with van der Waals surface area (Å²) in [4.78, 5) is 18.0. The molecule has 2 aromatic carbocycles. The van der Waals surface area contributed by atoms with E-state index in [1.165, 1.54) is 0 Å². The maximum absolute atomic E-state index is 12.9. The van der Waals surface area contributed by atoms with E-state index in [0.29, 0.717) is 5.92 Å². The van der Waals surface area contributed by atoms with Crippen molar-refractivity contribution in [3.8, 4) is 11.5 Å². The Hall–Kier alpha value is -2.95. The lowest BCUT2D eigenvalue weighted by molar-refractivity contribution is -0.0258. The summed E-state index contributed by atoms with van der Waals surface area (Å²) in [5.41, 5.74) is 1.75. The molecule has 3 aromatic rings. The minimum atomic E-state index is -0.238. The summed E-state index contributed by atoms with van der Waals surface area (Å²) >= 11 is 0. The topological polar surface area (TPSA) is 54.6 Å². The number of hydrogen-bond donors (Lipinski definition) is 1. The molecule has 1 N–H and O–H groups in total. The largest absolute Gasteiger partial charge is 0.451 e. The molecule has 2 aliphatic heterocycles. The van der Waals surface area contributed by atoms with Crippen molar-refractivity contribution in [3.63, 3.8) is 0 Å². The molecule has 1 amide bonds. The Bertz CT molecular complexity index is 932. The first-order valence-corrected chi connectivity index (χ1v) is 9.07. The van der Waals surface area contributed by atoms with Crippen LogP contribution in [0.4, 0.5) is 0 Å². The predicted octanol–water partition coefficient (Wildman–Crippen LogP) is 3.82. The van der Waals surface area contributed by atoms with Crippen LogP contribution in [-0.2, 0) is 0 Å². The molecular weight excluding hydrogens is 328 g/mol. The summed E-state index contributed by atoms with van der Waals surface area (Å²) < 4.78 is 11.9. The van der Waals surface area contributed by atoms with Crippen LogP contribution < -0.4 is 9.47 Å². The number of ether oxygens (including phenoxy) is 2. The van der Waals surface area contributed by atoms with Gasteiger partial charge in [0.05, 0.1) is 5.56 Å². The summed E-state index contributed by atoms with van der Waals surface area (Å²) in [7, 11) is 0. The van der Waals surface area contributed by atoms with Gasteiger partial charge in [0, 0.05) is 36.1 Å². The van der Waals surface area contributed by atoms with Gasteiger partial charge in [-0.3, -0.25) is 4.79 Å². The average molecular weight is 348 g/mol. The number of nitrogens with zero attached hydrogens (tertiary/aromatic N) is 1. The summed E-state index contributed by atoms with van der Waals surface area (Å²) in [6, 6.07) is 15.7. The van der Waals surface area contributed by atoms with E-state index >= 15 is 0 Å². The van der Waals surface area contributed by atoms with E-state index in [-0.39, 0.29) is 12.2 Å². The molecule has 26 heavy (non-hydrogen) atoms. The number of amides is 1. The lowest BCUT2D eigenvalue weighted by Gasteiger charge is -2.33. The van der Waals surface area contributed by atoms with Gasteiger partial charge in [-0.15, -0.1) is 0 Å². The highest BCUT2D eigenvalue weighted by atomic mass is 16.7. The molecule has 132 valence electrons. The van der Waals surface area contributed by atoms with E-state index in [2.05, 4.69) is 4.98 Å². The fourth-order valence-electron chi connectivity index (χ4n) is 3.91. The highest BCUT2D eigenvalue weighted by molar-refractivity contribution is 6.06. The summed E-state index contributed by atoms with van der Waals surface area (Å²) in [5, 5.41) is 0.984. The van der Waals surface area contributed by atoms with Crippen molar-refractivity contribution >= 4 is 16.8 Å². The highest BCUT2D eigenvalue weighted by Gasteiger charge is 2.35. The maximum atomic E-state index is 12.9. The van der Waals surface area contributed by atoms with Crippen molar-refractivity contribution in [1.29, 1.82) is 0 Å². The van der Waals surface area contributed by atoms with Gasteiger partial charge in [-0.1, -0.05) is 30.3 Å². The SMILES string of the molecule is O=C(c1c[nH]c2ccccc12)N1CCC(C2Oc3ccccc3O2)CC1. The third-order valence-electron chi connectivity index (χ3n) is 5.37. The standard InChI is InChI=1S/C21H20N2O3/c24-20(16-13-22-17-6-2-1-5-15(16)17)23-11-9-14(10-12-23)21-25-18-7-3-4-8-19(18)26-21/h1-8,13-14,21-22H,9-12H2. The first-order chi connectivity index (χ1) is 12.8. The zero-order chi connectivity index (χ0) is 17.5. The molecule has 0 aliphatic carbocycles. The Balaban J connectivity index is 1.25. The van der Waals surface area contributed by atoms with Crippen LogP contribution in [0.3, 0.4) is 0 Å². The number of carbonyl (C=O) groups is 1. The van der Waals surface area contributed by atoms with Crippen molar-refractivity contribution in [3.05, 3.63) is 60.3 Å². The number of nitrogens with one attached hydrogen (secondary N) is 1. The minimum Gasteiger partial charge on any atom is -0.451 e. The lowest BCUT2D eigenvalue weighted by Crippen LogP contribution is -2.43. The van der Waals surface area contributed by atoms with E-state index < -0.39 is 0 Å². The Morgan fingerprint density at radius 1 is 0.962 bits per heavy atom. The fraction of sp³-hybridized carbons (Fsp3) is 0.286. The Morgan fingerprint density at radius 3 is 2.35 bits per heavy atom. The number of para-hydroxylation sites is 3. The second-order valence-electron chi connectivity index (χ2n) is 6.93. The van der Waals surface area contributed by atoms with E-state index in [9.17, 15) is 4.79 Å². The molecule has 0 atom stereocenters. The molecule has 2 aliphatic rings. The van der Waals surface area contributed by atoms with Crippen molar-refractivity contribution in [2.24, 2.45) is 5.92 Å². The van der Waals surface area contributed by atoms with Gasteiger partial charge in [0.25, 0.3) is 5.91 Å². The Labute approximate surface area is 151 Å². The van der Waals surface area contributed by atoms with Crippen LogP contribution in [0.5, 0.6) is 11.5 Å². The number of benzene rings is 2. The van der Waals surface area contributed by atoms with Crippen LogP contribution in [-0.4, -0.2) is 35.2 Å². The van der Waals surface area contributed by atoms with E-state index in [1.807, 2.05) is 59.6 Å². The van der Waals surface area contributed by atoms with E-state index in [1.54, 1.807) is 0 Å². The molecule has 0 saturated carbocycles. The number of carbonyl (C=O) groups excluding carboxylic acids is 1. The molecule has 5 nitrogen and oxygen atoms in total. The number of rotatable bonds is 2. The van der Waals surface area contributed by atoms with Gasteiger partial charge in [-0.25, -0.2) is 0 Å². The third kappa shape index (κ3) is 2.51. The van der Waals surface area contributed by atoms with E-state index in [4.69, 9.17) is 9.47 Å². The van der Waals surface area contributed by atoms with Crippen LogP contribution in [0.1, 0.15) is 23.2 Å². The number of fused-ring (bicyclic) bond motifs is 2. The molecule has 0 radical (unpaired) electrons. The van der Waals surface area contributed by atoms with Crippen LogP contribution in [0.25, 0.3) is 10.9 Å². The molecule has 1 saturated heterocycles. The molecule has 1 aromatic heterocycles. The molecular formula is C21H20N2O3. The van der Waals surface area contributed by atoms with Crippen molar-refractivity contribution in [2.45, 2.75) is 19.1 Å². The maximum Gasteiger partial charge on any atom is 0.256 e. The molecule has 3 heterocycles. The summed E-state index contributed by atoms with van der Waals surface area (Å²) in [5.74, 6) is 2.02. The Morgan fingerprint density at radius 2 is 1.62 bits per heavy atom. The van der Waals surface area contributed by atoms with Crippen LogP contribution >= 0.6 is 0 Å². The second-order valence-corrected chi connectivity index (χ2v) is 6.93. The Kier molecular flexibility index (Phi) is 3.59. The van der Waals surface area contributed by atoms with Crippen molar-refractivity contribution in [2.75, 3.05) is 13.1 Å². The minimum absolute atomic E-state index is 0.0949. The smallest absolute Gasteiger partial charge is 0.256 e. The van der Waals surface area contributed by atoms with Gasteiger partial charge in [-0.2, -0.15) is 0 Å². The van der Waals surface area contributed by atoms with Gasteiger partial charge < -0.3 is 19.4 Å². The number of H-pyrrole nitrogens is 1. The molecule has 0 bridgehead atoms.